The average Bonchev–Trinajstić information content (AvgIpc) is 3.42. The average molecular weight is 454 g/mol. The maximum atomic E-state index is 13.8. The van der Waals surface area contributed by atoms with Crippen molar-refractivity contribution in [3.63, 3.8) is 0 Å². The van der Waals surface area contributed by atoms with Crippen LogP contribution in [-0.4, -0.2) is 44.0 Å². The molecule has 1 aliphatic heterocycles. The topological polar surface area (TPSA) is 38.8 Å². The van der Waals surface area contributed by atoms with Crippen molar-refractivity contribution in [3.8, 4) is 11.5 Å². The molecule has 0 spiro atoms. The SMILES string of the molecule is COc1ccc2c(C(=O)c3ccc(OCCN4CCCC4)cc3)c(C3=CCCC=C3)ccc2c1. The maximum Gasteiger partial charge on any atom is 0.194 e. The van der Waals surface area contributed by atoms with Gasteiger partial charge in [-0.2, -0.15) is 0 Å². The zero-order valence-corrected chi connectivity index (χ0v) is 19.8. The first-order valence-electron chi connectivity index (χ1n) is 12.2. The van der Waals surface area contributed by atoms with E-state index in [1.54, 1.807) is 7.11 Å². The quantitative estimate of drug-likeness (QED) is 0.376. The molecule has 0 N–H and O–H groups in total. The number of likely N-dealkylation sites (tertiary alicyclic amines) is 1. The Hall–Kier alpha value is -3.37. The van der Waals surface area contributed by atoms with Gasteiger partial charge in [0, 0.05) is 17.7 Å². The molecule has 1 fully saturated rings. The number of methoxy groups -OCH3 is 1. The Bertz CT molecular complexity index is 1230. The Labute approximate surface area is 201 Å². The third-order valence-electron chi connectivity index (χ3n) is 6.75. The normalized spacial score (nSPS) is 16.0. The van der Waals surface area contributed by atoms with Crippen LogP contribution >= 0.6 is 0 Å². The summed E-state index contributed by atoms with van der Waals surface area (Å²) < 4.78 is 11.3. The molecule has 4 heteroatoms. The van der Waals surface area contributed by atoms with Gasteiger partial charge in [-0.05, 0) is 103 Å². The monoisotopic (exact) mass is 453 g/mol. The summed E-state index contributed by atoms with van der Waals surface area (Å²) in [4.78, 5) is 16.3. The fourth-order valence-corrected chi connectivity index (χ4v) is 4.88. The van der Waals surface area contributed by atoms with Crippen LogP contribution in [0.3, 0.4) is 0 Å². The molecule has 5 rings (SSSR count). The van der Waals surface area contributed by atoms with Gasteiger partial charge in [0.1, 0.15) is 18.1 Å². The van der Waals surface area contributed by atoms with Crippen LogP contribution in [0.5, 0.6) is 11.5 Å². The standard InChI is InChI=1S/C30H31NO3/c1-33-26-14-16-28-24(21-26)11-15-27(22-7-3-2-4-8-22)29(28)30(32)23-9-12-25(13-10-23)34-20-19-31-17-5-6-18-31/h3,7-16,21H,2,4-6,17-20H2,1H3. The minimum atomic E-state index is 0.0225. The summed E-state index contributed by atoms with van der Waals surface area (Å²) in [6, 6.07) is 17.6. The van der Waals surface area contributed by atoms with Gasteiger partial charge in [-0.1, -0.05) is 30.4 Å². The van der Waals surface area contributed by atoms with Gasteiger partial charge in [0.2, 0.25) is 0 Å². The second-order valence-corrected chi connectivity index (χ2v) is 8.97. The Kier molecular flexibility index (Phi) is 6.77. The number of fused-ring (bicyclic) bond motifs is 1. The minimum Gasteiger partial charge on any atom is -0.497 e. The second-order valence-electron chi connectivity index (χ2n) is 8.97. The van der Waals surface area contributed by atoms with Gasteiger partial charge >= 0.3 is 0 Å². The molecule has 0 unspecified atom stereocenters. The lowest BCUT2D eigenvalue weighted by Crippen LogP contribution is -2.25. The highest BCUT2D eigenvalue weighted by Crippen LogP contribution is 2.33. The van der Waals surface area contributed by atoms with E-state index in [1.165, 1.54) is 25.9 Å². The summed E-state index contributed by atoms with van der Waals surface area (Å²) in [7, 11) is 1.66. The maximum absolute atomic E-state index is 13.8. The number of benzene rings is 3. The van der Waals surface area contributed by atoms with Crippen molar-refractivity contribution in [2.24, 2.45) is 0 Å². The molecule has 174 valence electrons. The van der Waals surface area contributed by atoms with Crippen molar-refractivity contribution in [1.29, 1.82) is 0 Å². The summed E-state index contributed by atoms with van der Waals surface area (Å²) in [6.45, 7) is 3.96. The number of hydrogen-bond donors (Lipinski definition) is 0. The second kappa shape index (κ2) is 10.3. The first-order valence-corrected chi connectivity index (χ1v) is 12.2. The summed E-state index contributed by atoms with van der Waals surface area (Å²) in [5.74, 6) is 1.61. The third kappa shape index (κ3) is 4.78. The molecule has 1 heterocycles. The van der Waals surface area contributed by atoms with Crippen LogP contribution in [0.4, 0.5) is 0 Å². The van der Waals surface area contributed by atoms with E-state index >= 15 is 0 Å². The van der Waals surface area contributed by atoms with E-state index in [0.29, 0.717) is 12.2 Å². The molecule has 3 aromatic rings. The molecular weight excluding hydrogens is 422 g/mol. The van der Waals surface area contributed by atoms with E-state index < -0.39 is 0 Å². The largest absolute Gasteiger partial charge is 0.497 e. The number of nitrogens with zero attached hydrogens (tertiary/aromatic N) is 1. The smallest absolute Gasteiger partial charge is 0.194 e. The van der Waals surface area contributed by atoms with E-state index in [0.717, 1.165) is 58.4 Å². The molecule has 1 aliphatic carbocycles. The fourth-order valence-electron chi connectivity index (χ4n) is 4.88. The van der Waals surface area contributed by atoms with Crippen molar-refractivity contribution < 1.29 is 14.3 Å². The molecule has 4 nitrogen and oxygen atoms in total. The first-order chi connectivity index (χ1) is 16.7. The molecule has 3 aromatic carbocycles. The van der Waals surface area contributed by atoms with Gasteiger partial charge in [-0.3, -0.25) is 9.69 Å². The number of ether oxygens (including phenoxy) is 2. The summed E-state index contributed by atoms with van der Waals surface area (Å²) >= 11 is 0. The van der Waals surface area contributed by atoms with E-state index in [2.05, 4.69) is 35.3 Å². The molecule has 0 atom stereocenters. The van der Waals surface area contributed by atoms with Crippen LogP contribution in [0.1, 0.15) is 47.2 Å². The zero-order valence-electron chi connectivity index (χ0n) is 19.8. The van der Waals surface area contributed by atoms with Gasteiger partial charge in [-0.25, -0.2) is 0 Å². The molecular formula is C30H31NO3. The predicted molar refractivity (Wildman–Crippen MR) is 138 cm³/mol. The van der Waals surface area contributed by atoms with E-state index in [1.807, 2.05) is 42.5 Å². The highest BCUT2D eigenvalue weighted by atomic mass is 16.5. The Morgan fingerprint density at radius 1 is 0.941 bits per heavy atom. The lowest BCUT2D eigenvalue weighted by molar-refractivity contribution is 0.104. The molecule has 0 saturated carbocycles. The number of carbonyl (C=O) groups is 1. The molecule has 0 bridgehead atoms. The van der Waals surface area contributed by atoms with Gasteiger partial charge < -0.3 is 9.47 Å². The predicted octanol–water partition coefficient (Wildman–Crippen LogP) is 6.29. The zero-order chi connectivity index (χ0) is 23.3. The number of rotatable bonds is 8. The van der Waals surface area contributed by atoms with Gasteiger partial charge in [0.05, 0.1) is 7.11 Å². The number of hydrogen-bond acceptors (Lipinski definition) is 4. The van der Waals surface area contributed by atoms with Gasteiger partial charge in [0.25, 0.3) is 0 Å². The summed E-state index contributed by atoms with van der Waals surface area (Å²) in [5.41, 5.74) is 3.48. The van der Waals surface area contributed by atoms with Crippen LogP contribution in [0, 0.1) is 0 Å². The van der Waals surface area contributed by atoms with Crippen LogP contribution in [0.15, 0.2) is 72.8 Å². The van der Waals surface area contributed by atoms with Crippen LogP contribution < -0.4 is 9.47 Å². The number of carbonyl (C=O) groups excluding carboxylic acids is 1. The lowest BCUT2D eigenvalue weighted by atomic mass is 9.87. The minimum absolute atomic E-state index is 0.0225. The Balaban J connectivity index is 1.44. The van der Waals surface area contributed by atoms with Gasteiger partial charge in [0.15, 0.2) is 5.78 Å². The number of ketones is 1. The van der Waals surface area contributed by atoms with Crippen molar-refractivity contribution >= 4 is 22.1 Å². The summed E-state index contributed by atoms with van der Waals surface area (Å²) in [5, 5.41) is 1.93. The van der Waals surface area contributed by atoms with Crippen molar-refractivity contribution in [1.82, 2.24) is 4.90 Å². The van der Waals surface area contributed by atoms with E-state index in [9.17, 15) is 4.79 Å². The van der Waals surface area contributed by atoms with Crippen molar-refractivity contribution in [2.45, 2.75) is 25.7 Å². The molecule has 0 radical (unpaired) electrons. The molecule has 34 heavy (non-hydrogen) atoms. The summed E-state index contributed by atoms with van der Waals surface area (Å²) in [6.07, 6.45) is 11.1. The van der Waals surface area contributed by atoms with Crippen LogP contribution in [0.25, 0.3) is 16.3 Å². The van der Waals surface area contributed by atoms with Crippen molar-refractivity contribution in [3.05, 3.63) is 89.5 Å². The van der Waals surface area contributed by atoms with Crippen LogP contribution in [-0.2, 0) is 0 Å². The lowest BCUT2D eigenvalue weighted by Gasteiger charge is -2.16. The highest BCUT2D eigenvalue weighted by Gasteiger charge is 2.20. The molecule has 0 aromatic heterocycles. The molecule has 1 saturated heterocycles. The fraction of sp³-hybridized carbons (Fsp3) is 0.300. The van der Waals surface area contributed by atoms with E-state index in [-0.39, 0.29) is 5.78 Å². The van der Waals surface area contributed by atoms with Crippen molar-refractivity contribution in [2.75, 3.05) is 33.4 Å². The highest BCUT2D eigenvalue weighted by molar-refractivity contribution is 6.19. The van der Waals surface area contributed by atoms with E-state index in [4.69, 9.17) is 9.47 Å². The molecule has 2 aliphatic rings. The van der Waals surface area contributed by atoms with Crippen LogP contribution in [0.2, 0.25) is 0 Å². The third-order valence-corrected chi connectivity index (χ3v) is 6.75. The number of allylic oxidation sites excluding steroid dienone is 4. The molecule has 0 amide bonds. The van der Waals surface area contributed by atoms with Gasteiger partial charge in [-0.15, -0.1) is 0 Å². The Morgan fingerprint density at radius 3 is 2.47 bits per heavy atom. The first kappa shape index (κ1) is 22.4. The Morgan fingerprint density at radius 2 is 1.74 bits per heavy atom.